The highest BCUT2D eigenvalue weighted by Crippen LogP contribution is 2.37. The average molecular weight is 425 g/mol. The average Bonchev–Trinajstić information content (AvgIpc) is 3.11. The van der Waals surface area contributed by atoms with E-state index in [-0.39, 0.29) is 27.1 Å². The fraction of sp³-hybridized carbons (Fsp3) is 0.211. The van der Waals surface area contributed by atoms with Gasteiger partial charge < -0.3 is 10.2 Å². The predicted molar refractivity (Wildman–Crippen MR) is 102 cm³/mol. The first kappa shape index (κ1) is 20.9. The molecule has 0 atom stereocenters. The Kier molecular flexibility index (Phi) is 5.94. The van der Waals surface area contributed by atoms with Crippen molar-refractivity contribution >= 4 is 39.3 Å². The van der Waals surface area contributed by atoms with E-state index in [0.29, 0.717) is 24.8 Å². The number of hydrogen-bond donors (Lipinski definition) is 1. The lowest BCUT2D eigenvalue weighted by molar-refractivity contribution is -0.104. The number of hydrogen-bond acceptors (Lipinski definition) is 6. The number of fused-ring (bicyclic) bond motifs is 1. The molecule has 0 saturated heterocycles. The van der Waals surface area contributed by atoms with E-state index in [9.17, 15) is 27.2 Å². The van der Waals surface area contributed by atoms with Crippen molar-refractivity contribution in [2.45, 2.75) is 0 Å². The van der Waals surface area contributed by atoms with Gasteiger partial charge in [-0.25, -0.2) is 22.5 Å². The summed E-state index contributed by atoms with van der Waals surface area (Å²) in [6.07, 6.45) is 0.142. The van der Waals surface area contributed by atoms with Crippen molar-refractivity contribution in [1.29, 1.82) is 0 Å². The number of benzene rings is 2. The predicted octanol–water partition coefficient (Wildman–Crippen LogP) is 3.87. The maximum Gasteiger partial charge on any atom is 0.228 e. The Hall–Kier alpha value is -2.85. The van der Waals surface area contributed by atoms with Crippen LogP contribution in [0.25, 0.3) is 20.8 Å². The Balaban J connectivity index is 2.15. The van der Waals surface area contributed by atoms with Gasteiger partial charge >= 0.3 is 0 Å². The molecule has 0 amide bonds. The first-order chi connectivity index (χ1) is 13.7. The third-order valence-electron chi connectivity index (χ3n) is 4.12. The molecule has 0 unspecified atom stereocenters. The first-order valence-corrected chi connectivity index (χ1v) is 9.21. The zero-order chi connectivity index (χ0) is 21.3. The van der Waals surface area contributed by atoms with Crippen LogP contribution >= 0.6 is 11.3 Å². The fourth-order valence-electron chi connectivity index (χ4n) is 2.70. The Morgan fingerprint density at radius 2 is 1.90 bits per heavy atom. The molecule has 0 spiro atoms. The number of nitrogens with one attached hydrogen (secondary N) is 1. The SMILES string of the molecule is CN(C)CCNc1ccc2nc(-c3cc(F)c(F)c(F)c3F)sc2c1C(=O)C=O. The van der Waals surface area contributed by atoms with Crippen LogP contribution in [0.4, 0.5) is 23.2 Å². The number of nitrogens with zero attached hydrogens (tertiary/aromatic N) is 2. The van der Waals surface area contributed by atoms with Crippen molar-refractivity contribution in [2.75, 3.05) is 32.5 Å². The van der Waals surface area contributed by atoms with E-state index >= 15 is 0 Å². The van der Waals surface area contributed by atoms with Crippen molar-refractivity contribution in [3.8, 4) is 10.6 Å². The third-order valence-corrected chi connectivity index (χ3v) is 5.24. The molecule has 0 aliphatic rings. The van der Waals surface area contributed by atoms with Gasteiger partial charge in [0.1, 0.15) is 5.01 Å². The van der Waals surface area contributed by atoms with Gasteiger partial charge in [0.15, 0.2) is 29.6 Å². The Labute approximate surface area is 167 Å². The zero-order valence-corrected chi connectivity index (χ0v) is 16.2. The second kappa shape index (κ2) is 8.26. The number of ketones is 1. The van der Waals surface area contributed by atoms with Gasteiger partial charge in [-0.1, -0.05) is 0 Å². The number of thiazole rings is 1. The summed E-state index contributed by atoms with van der Waals surface area (Å²) >= 11 is 0.775. The van der Waals surface area contributed by atoms with E-state index in [1.807, 2.05) is 19.0 Å². The molecule has 10 heteroatoms. The number of aromatic nitrogens is 1. The Morgan fingerprint density at radius 3 is 2.55 bits per heavy atom. The van der Waals surface area contributed by atoms with Crippen molar-refractivity contribution in [3.63, 3.8) is 0 Å². The monoisotopic (exact) mass is 425 g/mol. The summed E-state index contributed by atoms with van der Waals surface area (Å²) in [5.41, 5.74) is 0.0687. The van der Waals surface area contributed by atoms with Gasteiger partial charge in [0, 0.05) is 18.8 Å². The summed E-state index contributed by atoms with van der Waals surface area (Å²) in [6.45, 7) is 1.13. The molecule has 1 aromatic heterocycles. The molecule has 29 heavy (non-hydrogen) atoms. The normalized spacial score (nSPS) is 11.3. The number of carbonyl (C=O) groups excluding carboxylic acids is 2. The molecule has 0 radical (unpaired) electrons. The van der Waals surface area contributed by atoms with Crippen LogP contribution in [-0.4, -0.2) is 49.1 Å². The molecule has 0 aliphatic carbocycles. The molecule has 5 nitrogen and oxygen atoms in total. The van der Waals surface area contributed by atoms with Gasteiger partial charge in [-0.2, -0.15) is 0 Å². The minimum atomic E-state index is -1.95. The van der Waals surface area contributed by atoms with E-state index in [4.69, 9.17) is 0 Å². The van der Waals surface area contributed by atoms with Gasteiger partial charge in [-0.05, 0) is 32.3 Å². The minimum Gasteiger partial charge on any atom is -0.383 e. The van der Waals surface area contributed by atoms with Crippen molar-refractivity contribution < 1.29 is 27.2 Å². The lowest BCUT2D eigenvalue weighted by atomic mass is 10.1. The summed E-state index contributed by atoms with van der Waals surface area (Å²) in [7, 11) is 3.74. The van der Waals surface area contributed by atoms with Crippen molar-refractivity contribution in [1.82, 2.24) is 9.88 Å². The van der Waals surface area contributed by atoms with Gasteiger partial charge in [-0.15, -0.1) is 11.3 Å². The number of aldehydes is 1. The number of halogens is 4. The fourth-order valence-corrected chi connectivity index (χ4v) is 3.83. The largest absolute Gasteiger partial charge is 0.383 e. The van der Waals surface area contributed by atoms with Crippen molar-refractivity contribution in [2.24, 2.45) is 0 Å². The lowest BCUT2D eigenvalue weighted by Gasteiger charge is -2.13. The summed E-state index contributed by atoms with van der Waals surface area (Å²) in [5.74, 6) is -7.84. The number of Topliss-reactive ketones (excluding diaryl/α,β-unsaturated/α-hetero) is 1. The summed E-state index contributed by atoms with van der Waals surface area (Å²) in [5, 5.41) is 2.90. The molecule has 0 bridgehead atoms. The second-order valence-corrected chi connectivity index (χ2v) is 7.41. The lowest BCUT2D eigenvalue weighted by Crippen LogP contribution is -2.21. The topological polar surface area (TPSA) is 62.3 Å². The van der Waals surface area contributed by atoms with Gasteiger partial charge in [0.2, 0.25) is 5.78 Å². The van der Waals surface area contributed by atoms with Crippen LogP contribution in [0.2, 0.25) is 0 Å². The molecule has 0 fully saturated rings. The number of carbonyl (C=O) groups is 2. The summed E-state index contributed by atoms with van der Waals surface area (Å²) in [4.78, 5) is 29.4. The van der Waals surface area contributed by atoms with Crippen LogP contribution in [-0.2, 0) is 4.79 Å². The zero-order valence-electron chi connectivity index (χ0n) is 15.4. The first-order valence-electron chi connectivity index (χ1n) is 8.39. The molecule has 0 saturated carbocycles. The molecule has 2 aromatic carbocycles. The molecular weight excluding hydrogens is 410 g/mol. The van der Waals surface area contributed by atoms with Crippen LogP contribution in [0, 0.1) is 23.3 Å². The maximum absolute atomic E-state index is 14.1. The summed E-state index contributed by atoms with van der Waals surface area (Å²) < 4.78 is 54.8. The molecule has 3 aromatic rings. The van der Waals surface area contributed by atoms with Gasteiger partial charge in [0.25, 0.3) is 0 Å². The van der Waals surface area contributed by atoms with Crippen LogP contribution in [0.15, 0.2) is 18.2 Å². The number of anilines is 1. The van der Waals surface area contributed by atoms with Crippen LogP contribution in [0.1, 0.15) is 10.4 Å². The standard InChI is InChI=1S/C19H15F4N3O2S/c1-26(2)6-5-24-11-3-4-12-18(14(11)13(28)8-27)29-19(25-12)9-7-10(20)16(22)17(23)15(9)21/h3-4,7-8,24H,5-6H2,1-2H3. The van der Waals surface area contributed by atoms with Gasteiger partial charge in [0.05, 0.1) is 21.3 Å². The highest BCUT2D eigenvalue weighted by molar-refractivity contribution is 7.22. The smallest absolute Gasteiger partial charge is 0.228 e. The van der Waals surface area contributed by atoms with E-state index in [0.717, 1.165) is 11.3 Å². The second-order valence-electron chi connectivity index (χ2n) is 6.42. The third kappa shape index (κ3) is 3.99. The van der Waals surface area contributed by atoms with E-state index < -0.39 is 34.6 Å². The molecule has 152 valence electrons. The van der Waals surface area contributed by atoms with Crippen molar-refractivity contribution in [3.05, 3.63) is 47.0 Å². The molecule has 0 aliphatic heterocycles. The number of rotatable bonds is 7. The molecular formula is C19H15F4N3O2S. The molecule has 1 N–H and O–H groups in total. The Bertz CT molecular complexity index is 1110. The highest BCUT2D eigenvalue weighted by atomic mass is 32.1. The number of likely N-dealkylation sites (N-methyl/N-ethyl adjacent to an activating group) is 1. The Morgan fingerprint density at radius 1 is 1.17 bits per heavy atom. The van der Waals surface area contributed by atoms with Gasteiger partial charge in [-0.3, -0.25) is 9.59 Å². The quantitative estimate of drug-likeness (QED) is 0.156. The minimum absolute atomic E-state index is 0.0310. The van der Waals surface area contributed by atoms with E-state index in [1.54, 1.807) is 6.07 Å². The van der Waals surface area contributed by atoms with Crippen LogP contribution in [0.3, 0.4) is 0 Å². The molecule has 3 rings (SSSR count). The summed E-state index contributed by atoms with van der Waals surface area (Å²) in [6, 6.07) is 3.58. The van der Waals surface area contributed by atoms with Crippen LogP contribution < -0.4 is 5.32 Å². The highest BCUT2D eigenvalue weighted by Gasteiger charge is 2.24. The van der Waals surface area contributed by atoms with Crippen LogP contribution in [0.5, 0.6) is 0 Å². The van der Waals surface area contributed by atoms with E-state index in [2.05, 4.69) is 10.3 Å². The van der Waals surface area contributed by atoms with E-state index in [1.165, 1.54) is 6.07 Å². The maximum atomic E-state index is 14.1. The molecule has 1 heterocycles.